The van der Waals surface area contributed by atoms with Gasteiger partial charge in [-0.3, -0.25) is 4.79 Å². The van der Waals surface area contributed by atoms with E-state index < -0.39 is 5.79 Å². The summed E-state index contributed by atoms with van der Waals surface area (Å²) in [7, 11) is 0. The van der Waals surface area contributed by atoms with Crippen molar-refractivity contribution in [3.63, 3.8) is 0 Å². The molecule has 110 valence electrons. The molecule has 1 aliphatic heterocycles. The van der Waals surface area contributed by atoms with Crippen LogP contribution in [0.4, 0.5) is 5.69 Å². The Morgan fingerprint density at radius 1 is 1.35 bits per heavy atom. The Balaban J connectivity index is 1.90. The molecule has 2 rings (SSSR count). The van der Waals surface area contributed by atoms with Gasteiger partial charge in [-0.05, 0) is 31.9 Å². The first-order valence-corrected chi connectivity index (χ1v) is 6.93. The Morgan fingerprint density at radius 3 is 2.75 bits per heavy atom. The Morgan fingerprint density at radius 2 is 2.05 bits per heavy atom. The summed E-state index contributed by atoms with van der Waals surface area (Å²) in [6, 6.07) is 5.54. The lowest BCUT2D eigenvalue weighted by Crippen LogP contribution is -2.29. The summed E-state index contributed by atoms with van der Waals surface area (Å²) >= 11 is 0. The van der Waals surface area contributed by atoms with Crippen molar-refractivity contribution in [1.29, 1.82) is 0 Å². The molecule has 1 amide bonds. The zero-order valence-corrected chi connectivity index (χ0v) is 12.2. The lowest BCUT2D eigenvalue weighted by molar-refractivity contribution is -0.116. The van der Waals surface area contributed by atoms with Crippen molar-refractivity contribution in [2.75, 3.05) is 5.32 Å². The van der Waals surface area contributed by atoms with Crippen LogP contribution in [0.5, 0.6) is 11.5 Å². The summed E-state index contributed by atoms with van der Waals surface area (Å²) < 4.78 is 11.2. The van der Waals surface area contributed by atoms with Gasteiger partial charge in [0.2, 0.25) is 11.7 Å². The van der Waals surface area contributed by atoms with Crippen molar-refractivity contribution >= 4 is 11.6 Å². The number of hydrogen-bond acceptors (Lipinski definition) is 4. The van der Waals surface area contributed by atoms with E-state index in [9.17, 15) is 4.79 Å². The predicted molar refractivity (Wildman–Crippen MR) is 77.9 cm³/mol. The van der Waals surface area contributed by atoms with Crippen molar-refractivity contribution in [1.82, 2.24) is 0 Å². The van der Waals surface area contributed by atoms with Gasteiger partial charge in [0.05, 0.1) is 0 Å². The van der Waals surface area contributed by atoms with Gasteiger partial charge in [0.25, 0.3) is 0 Å². The lowest BCUT2D eigenvalue weighted by Gasteiger charge is -2.16. The summed E-state index contributed by atoms with van der Waals surface area (Å²) in [6.07, 6.45) is 2.12. The average molecular weight is 278 g/mol. The van der Waals surface area contributed by atoms with E-state index in [0.29, 0.717) is 17.9 Å². The van der Waals surface area contributed by atoms with Crippen LogP contribution in [-0.2, 0) is 4.79 Å². The molecule has 1 heterocycles. The number of rotatable bonds is 5. The van der Waals surface area contributed by atoms with Crippen molar-refractivity contribution < 1.29 is 14.3 Å². The van der Waals surface area contributed by atoms with Gasteiger partial charge in [-0.25, -0.2) is 0 Å². The van der Waals surface area contributed by atoms with Gasteiger partial charge >= 0.3 is 0 Å². The molecule has 3 N–H and O–H groups in total. The highest BCUT2D eigenvalue weighted by Crippen LogP contribution is 2.40. The topological polar surface area (TPSA) is 73.6 Å². The zero-order valence-electron chi connectivity index (χ0n) is 12.2. The number of anilines is 1. The molecule has 1 unspecified atom stereocenters. The molecule has 0 radical (unpaired) electrons. The highest BCUT2D eigenvalue weighted by molar-refractivity contribution is 5.91. The van der Waals surface area contributed by atoms with Crippen LogP contribution >= 0.6 is 0 Å². The van der Waals surface area contributed by atoms with E-state index in [4.69, 9.17) is 15.2 Å². The molecule has 0 spiro atoms. The average Bonchev–Trinajstić information content (AvgIpc) is 2.61. The van der Waals surface area contributed by atoms with Gasteiger partial charge in [0.15, 0.2) is 11.5 Å². The van der Waals surface area contributed by atoms with Crippen molar-refractivity contribution in [3.8, 4) is 11.5 Å². The van der Waals surface area contributed by atoms with Crippen molar-refractivity contribution in [3.05, 3.63) is 18.2 Å². The third-order valence-corrected chi connectivity index (χ3v) is 3.00. The SMILES string of the molecule is CC(N)CCCC(=O)Nc1ccc2c(c1)OC(C)(C)O2. The molecule has 1 aromatic carbocycles. The van der Waals surface area contributed by atoms with E-state index in [1.807, 2.05) is 32.9 Å². The molecule has 0 saturated carbocycles. The van der Waals surface area contributed by atoms with Gasteiger partial charge in [-0.2, -0.15) is 0 Å². The normalized spacial score (nSPS) is 16.8. The quantitative estimate of drug-likeness (QED) is 0.868. The highest BCUT2D eigenvalue weighted by Gasteiger charge is 2.31. The van der Waals surface area contributed by atoms with Gasteiger partial charge in [0.1, 0.15) is 0 Å². The fraction of sp³-hybridized carbons (Fsp3) is 0.533. The first kappa shape index (κ1) is 14.7. The van der Waals surface area contributed by atoms with Crippen LogP contribution in [0, 0.1) is 0 Å². The predicted octanol–water partition coefficient (Wildman–Crippen LogP) is 2.65. The molecule has 1 aromatic rings. The van der Waals surface area contributed by atoms with Crippen molar-refractivity contribution in [2.24, 2.45) is 5.73 Å². The summed E-state index contributed by atoms with van der Waals surface area (Å²) in [5.74, 6) is 0.694. The van der Waals surface area contributed by atoms with Gasteiger partial charge in [0, 0.05) is 38.1 Å². The zero-order chi connectivity index (χ0) is 14.8. The fourth-order valence-corrected chi connectivity index (χ4v) is 2.11. The molecular formula is C15H22N2O3. The van der Waals surface area contributed by atoms with E-state index in [1.54, 1.807) is 6.07 Å². The second-order valence-electron chi connectivity index (χ2n) is 5.68. The maximum atomic E-state index is 11.8. The van der Waals surface area contributed by atoms with Crippen LogP contribution in [0.1, 0.15) is 40.0 Å². The van der Waals surface area contributed by atoms with Gasteiger partial charge < -0.3 is 20.5 Å². The number of ether oxygens (including phenoxy) is 2. The number of fused-ring (bicyclic) bond motifs is 1. The molecule has 1 aliphatic rings. The monoisotopic (exact) mass is 278 g/mol. The van der Waals surface area contributed by atoms with Gasteiger partial charge in [-0.15, -0.1) is 0 Å². The molecule has 0 saturated heterocycles. The smallest absolute Gasteiger partial charge is 0.246 e. The van der Waals surface area contributed by atoms with Gasteiger partial charge in [-0.1, -0.05) is 0 Å². The van der Waals surface area contributed by atoms with Crippen LogP contribution in [-0.4, -0.2) is 17.7 Å². The first-order valence-electron chi connectivity index (χ1n) is 6.93. The molecule has 1 atom stereocenters. The minimum Gasteiger partial charge on any atom is -0.449 e. The molecule has 0 fully saturated rings. The Kier molecular flexibility index (Phi) is 4.18. The largest absolute Gasteiger partial charge is 0.449 e. The van der Waals surface area contributed by atoms with E-state index in [1.165, 1.54) is 0 Å². The van der Waals surface area contributed by atoms with Crippen LogP contribution in [0.15, 0.2) is 18.2 Å². The number of benzene rings is 1. The summed E-state index contributed by atoms with van der Waals surface area (Å²) in [5.41, 5.74) is 6.37. The Labute approximate surface area is 119 Å². The van der Waals surface area contributed by atoms with E-state index in [2.05, 4.69) is 5.32 Å². The first-order chi connectivity index (χ1) is 9.35. The number of carbonyl (C=O) groups excluding carboxylic acids is 1. The number of carbonyl (C=O) groups is 1. The summed E-state index contributed by atoms with van der Waals surface area (Å²) in [6.45, 7) is 5.63. The summed E-state index contributed by atoms with van der Waals surface area (Å²) in [4.78, 5) is 11.8. The molecular weight excluding hydrogens is 256 g/mol. The third kappa shape index (κ3) is 3.87. The molecule has 0 aromatic heterocycles. The van der Waals surface area contributed by atoms with E-state index in [0.717, 1.165) is 18.5 Å². The minimum atomic E-state index is -0.651. The minimum absolute atomic E-state index is 0.0104. The molecule has 0 bridgehead atoms. The molecule has 20 heavy (non-hydrogen) atoms. The molecule has 5 nitrogen and oxygen atoms in total. The fourth-order valence-electron chi connectivity index (χ4n) is 2.11. The Bertz CT molecular complexity index is 498. The number of nitrogens with one attached hydrogen (secondary N) is 1. The van der Waals surface area contributed by atoms with Crippen LogP contribution in [0.3, 0.4) is 0 Å². The number of hydrogen-bond donors (Lipinski definition) is 2. The second kappa shape index (κ2) is 5.71. The Hall–Kier alpha value is -1.75. The number of amides is 1. The van der Waals surface area contributed by atoms with E-state index in [-0.39, 0.29) is 11.9 Å². The van der Waals surface area contributed by atoms with Crippen LogP contribution in [0.25, 0.3) is 0 Å². The maximum absolute atomic E-state index is 11.8. The lowest BCUT2D eigenvalue weighted by atomic mass is 10.1. The van der Waals surface area contributed by atoms with Crippen LogP contribution < -0.4 is 20.5 Å². The second-order valence-corrected chi connectivity index (χ2v) is 5.68. The summed E-state index contributed by atoms with van der Waals surface area (Å²) in [5, 5.41) is 2.86. The number of nitrogens with two attached hydrogens (primary N) is 1. The highest BCUT2D eigenvalue weighted by atomic mass is 16.7. The molecule has 0 aliphatic carbocycles. The maximum Gasteiger partial charge on any atom is 0.246 e. The third-order valence-electron chi connectivity index (χ3n) is 3.00. The van der Waals surface area contributed by atoms with Crippen LogP contribution in [0.2, 0.25) is 0 Å². The standard InChI is InChI=1S/C15H22N2O3/c1-10(16)5-4-6-14(18)17-11-7-8-12-13(9-11)20-15(2,3)19-12/h7-10H,4-6,16H2,1-3H3,(H,17,18). The van der Waals surface area contributed by atoms with Crippen molar-refractivity contribution in [2.45, 2.75) is 51.9 Å². The molecule has 5 heteroatoms. The van der Waals surface area contributed by atoms with E-state index >= 15 is 0 Å².